The van der Waals surface area contributed by atoms with Crippen molar-refractivity contribution in [3.05, 3.63) is 65.7 Å². The largest absolute Gasteiger partial charge is 0.465 e. The van der Waals surface area contributed by atoms with Crippen LogP contribution in [0.1, 0.15) is 41.0 Å². The standard InChI is InChI=1S/C21H21NO5S/c1-3-26-20(25)21(2,28-15-9-5-4-6-10-15)13-14-27-22-18(23)16-11-7-8-12-17(16)19(22)24/h4-12H,3,13-14H2,1-2H3. The predicted octanol–water partition coefficient (Wildman–Crippen LogP) is 3.72. The fraction of sp³-hybridized carbons (Fsp3) is 0.286. The zero-order valence-corrected chi connectivity index (χ0v) is 16.5. The van der Waals surface area contributed by atoms with Crippen LogP contribution in [0.5, 0.6) is 0 Å². The highest BCUT2D eigenvalue weighted by Gasteiger charge is 2.39. The first-order chi connectivity index (χ1) is 13.5. The molecule has 2 aromatic carbocycles. The fourth-order valence-corrected chi connectivity index (χ4v) is 3.98. The van der Waals surface area contributed by atoms with E-state index in [9.17, 15) is 14.4 Å². The van der Waals surface area contributed by atoms with Crippen LogP contribution in [0.4, 0.5) is 0 Å². The summed E-state index contributed by atoms with van der Waals surface area (Å²) < 4.78 is 4.31. The number of rotatable bonds is 8. The summed E-state index contributed by atoms with van der Waals surface area (Å²) in [5, 5.41) is 0.767. The molecule has 7 heteroatoms. The van der Waals surface area contributed by atoms with E-state index in [1.54, 1.807) is 38.1 Å². The van der Waals surface area contributed by atoms with Crippen LogP contribution in [0, 0.1) is 0 Å². The van der Waals surface area contributed by atoms with E-state index in [4.69, 9.17) is 9.57 Å². The molecular formula is C21H21NO5S. The smallest absolute Gasteiger partial charge is 0.322 e. The molecule has 0 fully saturated rings. The molecule has 1 aliphatic rings. The van der Waals surface area contributed by atoms with Gasteiger partial charge in [0.2, 0.25) is 0 Å². The van der Waals surface area contributed by atoms with Crippen LogP contribution in [0.25, 0.3) is 0 Å². The first-order valence-corrected chi connectivity index (χ1v) is 9.80. The Morgan fingerprint density at radius 2 is 1.57 bits per heavy atom. The molecule has 0 aliphatic carbocycles. The SMILES string of the molecule is CCOC(=O)C(C)(CCON1C(=O)c2ccccc2C1=O)Sc1ccccc1. The first-order valence-electron chi connectivity index (χ1n) is 8.98. The second-order valence-corrected chi connectivity index (χ2v) is 7.98. The number of amides is 2. The van der Waals surface area contributed by atoms with Crippen LogP contribution in [0.15, 0.2) is 59.5 Å². The van der Waals surface area contributed by atoms with Crippen LogP contribution >= 0.6 is 11.8 Å². The van der Waals surface area contributed by atoms with Crippen molar-refractivity contribution < 1.29 is 24.0 Å². The van der Waals surface area contributed by atoms with Crippen molar-refractivity contribution in [1.29, 1.82) is 0 Å². The number of carbonyl (C=O) groups excluding carboxylic acids is 3. The van der Waals surface area contributed by atoms with Gasteiger partial charge in [-0.15, -0.1) is 16.8 Å². The van der Waals surface area contributed by atoms with E-state index in [2.05, 4.69) is 0 Å². The predicted molar refractivity (Wildman–Crippen MR) is 105 cm³/mol. The number of imide groups is 1. The van der Waals surface area contributed by atoms with E-state index in [1.165, 1.54) is 11.8 Å². The minimum atomic E-state index is -0.921. The van der Waals surface area contributed by atoms with Crippen molar-refractivity contribution in [2.45, 2.75) is 29.9 Å². The second kappa shape index (κ2) is 8.58. The topological polar surface area (TPSA) is 72.9 Å². The lowest BCUT2D eigenvalue weighted by Gasteiger charge is -2.27. The summed E-state index contributed by atoms with van der Waals surface area (Å²) in [6.45, 7) is 3.80. The Labute approximate surface area is 167 Å². The van der Waals surface area contributed by atoms with Gasteiger partial charge in [0.15, 0.2) is 0 Å². The Morgan fingerprint density at radius 3 is 2.14 bits per heavy atom. The molecule has 146 valence electrons. The summed E-state index contributed by atoms with van der Waals surface area (Å²) in [6, 6.07) is 16.1. The van der Waals surface area contributed by atoms with Gasteiger partial charge < -0.3 is 4.74 Å². The molecule has 2 amide bonds. The van der Waals surface area contributed by atoms with Crippen LogP contribution in [0.3, 0.4) is 0 Å². The van der Waals surface area contributed by atoms with Gasteiger partial charge in [0.05, 0.1) is 24.3 Å². The zero-order valence-electron chi connectivity index (χ0n) is 15.7. The molecule has 3 rings (SSSR count). The number of carbonyl (C=O) groups is 3. The Balaban J connectivity index is 1.68. The van der Waals surface area contributed by atoms with Crippen molar-refractivity contribution in [2.75, 3.05) is 13.2 Å². The minimum absolute atomic E-state index is 0.0145. The van der Waals surface area contributed by atoms with Gasteiger partial charge in [-0.1, -0.05) is 30.3 Å². The van der Waals surface area contributed by atoms with Crippen molar-refractivity contribution in [2.24, 2.45) is 0 Å². The van der Waals surface area contributed by atoms with E-state index < -0.39 is 16.6 Å². The lowest BCUT2D eigenvalue weighted by Crippen LogP contribution is -2.37. The molecule has 1 atom stereocenters. The van der Waals surface area contributed by atoms with Gasteiger partial charge in [-0.3, -0.25) is 19.2 Å². The van der Waals surface area contributed by atoms with Gasteiger partial charge in [-0.2, -0.15) is 0 Å². The summed E-state index contributed by atoms with van der Waals surface area (Å²) in [4.78, 5) is 43.7. The first kappa shape index (κ1) is 20.1. The molecule has 2 aromatic rings. The lowest BCUT2D eigenvalue weighted by molar-refractivity contribution is -0.147. The number of nitrogens with zero attached hydrogens (tertiary/aromatic N) is 1. The molecule has 1 aliphatic heterocycles. The van der Waals surface area contributed by atoms with Crippen molar-refractivity contribution in [3.63, 3.8) is 0 Å². The summed E-state index contributed by atoms with van der Waals surface area (Å²) in [7, 11) is 0. The van der Waals surface area contributed by atoms with E-state index >= 15 is 0 Å². The van der Waals surface area contributed by atoms with Crippen molar-refractivity contribution >= 4 is 29.5 Å². The molecule has 28 heavy (non-hydrogen) atoms. The molecular weight excluding hydrogens is 378 g/mol. The molecule has 0 bridgehead atoms. The Bertz CT molecular complexity index is 850. The Hall–Kier alpha value is -2.64. The molecule has 1 heterocycles. The van der Waals surface area contributed by atoms with Gasteiger partial charge in [0.1, 0.15) is 4.75 Å². The Kier molecular flexibility index (Phi) is 6.16. The summed E-state index contributed by atoms with van der Waals surface area (Å²) in [6.07, 6.45) is 0.263. The molecule has 0 N–H and O–H groups in total. The molecule has 0 saturated carbocycles. The molecule has 0 spiro atoms. The third-order valence-electron chi connectivity index (χ3n) is 4.35. The number of ether oxygens (including phenoxy) is 1. The number of esters is 1. The van der Waals surface area contributed by atoms with Crippen LogP contribution in [-0.2, 0) is 14.4 Å². The van der Waals surface area contributed by atoms with E-state index in [-0.39, 0.29) is 25.6 Å². The summed E-state index contributed by atoms with van der Waals surface area (Å²) >= 11 is 1.37. The average molecular weight is 399 g/mol. The second-order valence-electron chi connectivity index (χ2n) is 6.40. The average Bonchev–Trinajstić information content (AvgIpc) is 2.94. The zero-order chi connectivity index (χ0) is 20.1. The molecule has 0 saturated heterocycles. The molecule has 6 nitrogen and oxygen atoms in total. The number of benzene rings is 2. The number of fused-ring (bicyclic) bond motifs is 1. The molecule has 1 unspecified atom stereocenters. The van der Waals surface area contributed by atoms with Crippen LogP contribution < -0.4 is 0 Å². The van der Waals surface area contributed by atoms with Gasteiger partial charge in [0.25, 0.3) is 11.8 Å². The van der Waals surface area contributed by atoms with Crippen molar-refractivity contribution in [3.8, 4) is 0 Å². The lowest BCUT2D eigenvalue weighted by atomic mass is 10.1. The maximum Gasteiger partial charge on any atom is 0.322 e. The van der Waals surface area contributed by atoms with Crippen molar-refractivity contribution in [1.82, 2.24) is 5.06 Å². The summed E-state index contributed by atoms with van der Waals surface area (Å²) in [5.74, 6) is -1.35. The maximum absolute atomic E-state index is 12.6. The van der Waals surface area contributed by atoms with Gasteiger partial charge >= 0.3 is 5.97 Å². The minimum Gasteiger partial charge on any atom is -0.465 e. The monoisotopic (exact) mass is 399 g/mol. The maximum atomic E-state index is 12.6. The number of thioether (sulfide) groups is 1. The highest BCUT2D eigenvalue weighted by Crippen LogP contribution is 2.37. The highest BCUT2D eigenvalue weighted by atomic mass is 32.2. The normalized spacial score (nSPS) is 15.3. The van der Waals surface area contributed by atoms with E-state index in [1.807, 2.05) is 30.3 Å². The van der Waals surface area contributed by atoms with Gasteiger partial charge in [-0.25, -0.2) is 0 Å². The van der Waals surface area contributed by atoms with Gasteiger partial charge in [0, 0.05) is 4.90 Å². The fourth-order valence-electron chi connectivity index (χ4n) is 2.84. The quantitative estimate of drug-likeness (QED) is 0.383. The summed E-state index contributed by atoms with van der Waals surface area (Å²) in [5.41, 5.74) is 0.638. The third kappa shape index (κ3) is 4.10. The van der Waals surface area contributed by atoms with Crippen LogP contribution in [-0.4, -0.2) is 40.8 Å². The third-order valence-corrected chi connectivity index (χ3v) is 5.68. The Morgan fingerprint density at radius 1 is 1.00 bits per heavy atom. The van der Waals surface area contributed by atoms with Gasteiger partial charge in [-0.05, 0) is 44.5 Å². The molecule has 0 aromatic heterocycles. The number of hydroxylamine groups is 2. The highest BCUT2D eigenvalue weighted by molar-refractivity contribution is 8.01. The number of hydrogen-bond donors (Lipinski definition) is 0. The molecule has 0 radical (unpaired) electrons. The van der Waals surface area contributed by atoms with Crippen LogP contribution in [0.2, 0.25) is 0 Å². The number of hydrogen-bond acceptors (Lipinski definition) is 6. The van der Waals surface area contributed by atoms with E-state index in [0.717, 1.165) is 9.96 Å². The van der Waals surface area contributed by atoms with E-state index in [0.29, 0.717) is 11.1 Å².